The normalized spacial score (nSPS) is 19.2. The van der Waals surface area contributed by atoms with Crippen molar-refractivity contribution in [3.8, 4) is 0 Å². The minimum atomic E-state index is -1.10. The molecule has 0 heterocycles. The first-order chi connectivity index (χ1) is 12.5. The van der Waals surface area contributed by atoms with Crippen molar-refractivity contribution in [2.75, 3.05) is 6.61 Å². The Morgan fingerprint density at radius 2 is 1.62 bits per heavy atom. The molecule has 5 heteroatoms. The topological polar surface area (TPSA) is 69.7 Å². The van der Waals surface area contributed by atoms with Gasteiger partial charge in [0.1, 0.15) is 0 Å². The van der Waals surface area contributed by atoms with Crippen molar-refractivity contribution in [2.45, 2.75) is 83.7 Å². The number of hydrogen-bond acceptors (Lipinski definition) is 5. The number of ether oxygens (including phenoxy) is 2. The molecule has 0 aromatic carbocycles. The molecular formula is C21H32O5. The van der Waals surface area contributed by atoms with Crippen LogP contribution >= 0.6 is 0 Å². The second kappa shape index (κ2) is 12.4. The number of ketones is 1. The van der Waals surface area contributed by atoms with E-state index in [9.17, 15) is 14.4 Å². The molecular weight excluding hydrogens is 332 g/mol. The van der Waals surface area contributed by atoms with E-state index in [1.165, 1.54) is 32.6 Å². The van der Waals surface area contributed by atoms with Crippen molar-refractivity contribution in [3.05, 3.63) is 23.8 Å². The van der Waals surface area contributed by atoms with Crippen LogP contribution in [0.3, 0.4) is 0 Å². The Balaban J connectivity index is 2.17. The maximum absolute atomic E-state index is 12.5. The lowest BCUT2D eigenvalue weighted by molar-refractivity contribution is -0.159. The molecule has 26 heavy (non-hydrogen) atoms. The van der Waals surface area contributed by atoms with E-state index in [1.807, 2.05) is 0 Å². The third-order valence-electron chi connectivity index (χ3n) is 4.66. The lowest BCUT2D eigenvalue weighted by Crippen LogP contribution is -2.42. The van der Waals surface area contributed by atoms with Crippen LogP contribution in [0.2, 0.25) is 0 Å². The highest BCUT2D eigenvalue weighted by atomic mass is 16.6. The van der Waals surface area contributed by atoms with Crippen LogP contribution in [0.15, 0.2) is 23.8 Å². The van der Waals surface area contributed by atoms with Gasteiger partial charge >= 0.3 is 5.97 Å². The molecule has 0 aliphatic heterocycles. The molecule has 0 aromatic heterocycles. The Morgan fingerprint density at radius 1 is 1.04 bits per heavy atom. The van der Waals surface area contributed by atoms with E-state index in [0.29, 0.717) is 25.1 Å². The second-order valence-corrected chi connectivity index (χ2v) is 6.92. The van der Waals surface area contributed by atoms with E-state index < -0.39 is 11.6 Å². The van der Waals surface area contributed by atoms with Gasteiger partial charge in [-0.3, -0.25) is 14.4 Å². The quantitative estimate of drug-likeness (QED) is 0.259. The van der Waals surface area contributed by atoms with Gasteiger partial charge in [0.25, 0.3) is 6.47 Å². The lowest BCUT2D eigenvalue weighted by Gasteiger charge is -2.30. The van der Waals surface area contributed by atoms with Crippen molar-refractivity contribution in [1.82, 2.24) is 0 Å². The summed E-state index contributed by atoms with van der Waals surface area (Å²) in [7, 11) is 0. The van der Waals surface area contributed by atoms with Gasteiger partial charge in [0.15, 0.2) is 5.60 Å². The third-order valence-corrected chi connectivity index (χ3v) is 4.66. The van der Waals surface area contributed by atoms with Crippen molar-refractivity contribution in [3.63, 3.8) is 0 Å². The number of rotatable bonds is 14. The molecule has 0 saturated heterocycles. The van der Waals surface area contributed by atoms with Crippen LogP contribution in [-0.2, 0) is 23.9 Å². The third kappa shape index (κ3) is 7.98. The van der Waals surface area contributed by atoms with Crippen molar-refractivity contribution in [1.29, 1.82) is 0 Å². The Morgan fingerprint density at radius 3 is 2.19 bits per heavy atom. The van der Waals surface area contributed by atoms with E-state index in [0.717, 1.165) is 32.1 Å². The van der Waals surface area contributed by atoms with Gasteiger partial charge in [0, 0.05) is 6.92 Å². The maximum atomic E-state index is 12.5. The molecule has 1 aliphatic carbocycles. The van der Waals surface area contributed by atoms with Gasteiger partial charge in [-0.15, -0.1) is 0 Å². The van der Waals surface area contributed by atoms with Crippen LogP contribution in [0.5, 0.6) is 0 Å². The van der Waals surface area contributed by atoms with Crippen LogP contribution in [0.1, 0.15) is 78.1 Å². The van der Waals surface area contributed by atoms with E-state index in [4.69, 9.17) is 4.74 Å². The second-order valence-electron chi connectivity index (χ2n) is 6.92. The summed E-state index contributed by atoms with van der Waals surface area (Å²) in [6.45, 7) is 4.13. The molecule has 1 unspecified atom stereocenters. The molecule has 0 aromatic rings. The Bertz CT molecular complexity index is 520. The summed E-state index contributed by atoms with van der Waals surface area (Å²) in [6.07, 6.45) is 15.6. The number of carbonyl (C=O) groups excluding carboxylic acids is 3. The first kappa shape index (κ1) is 22.1. The minimum Gasteiger partial charge on any atom is -0.468 e. The van der Waals surface area contributed by atoms with Crippen molar-refractivity contribution in [2.24, 2.45) is 0 Å². The zero-order valence-electron chi connectivity index (χ0n) is 16.1. The molecule has 0 amide bonds. The van der Waals surface area contributed by atoms with Gasteiger partial charge in [0.05, 0.1) is 6.61 Å². The van der Waals surface area contributed by atoms with Gasteiger partial charge in [-0.25, -0.2) is 0 Å². The SMILES string of the molecule is CC(=O)OC1(CCCCCCCCCCCOC=O)C=CC=C(C)C1=O. The molecule has 0 N–H and O–H groups in total. The Hall–Kier alpha value is -1.91. The van der Waals surface area contributed by atoms with E-state index >= 15 is 0 Å². The Labute approximate surface area is 156 Å². The molecule has 0 fully saturated rings. The van der Waals surface area contributed by atoms with Crippen LogP contribution in [0, 0.1) is 0 Å². The number of unbranched alkanes of at least 4 members (excludes halogenated alkanes) is 8. The van der Waals surface area contributed by atoms with E-state index in [-0.39, 0.29) is 5.78 Å². The van der Waals surface area contributed by atoms with Gasteiger partial charge in [-0.1, -0.05) is 57.1 Å². The summed E-state index contributed by atoms with van der Waals surface area (Å²) in [5.41, 5.74) is -0.471. The van der Waals surface area contributed by atoms with Gasteiger partial charge in [-0.2, -0.15) is 0 Å². The number of hydrogen-bond donors (Lipinski definition) is 0. The van der Waals surface area contributed by atoms with Crippen molar-refractivity contribution >= 4 is 18.2 Å². The first-order valence-electron chi connectivity index (χ1n) is 9.67. The fraction of sp³-hybridized carbons (Fsp3) is 0.667. The van der Waals surface area contributed by atoms with Crippen LogP contribution in [-0.4, -0.2) is 30.4 Å². The average Bonchev–Trinajstić information content (AvgIpc) is 2.60. The lowest BCUT2D eigenvalue weighted by atomic mass is 9.84. The predicted octanol–water partition coefficient (Wildman–Crippen LogP) is 4.45. The standard InChI is InChI=1S/C21H32O5/c1-18-13-12-15-21(20(18)24,26-19(2)23)14-10-8-6-4-3-5-7-9-11-16-25-17-22/h12-13,15,17H,3-11,14,16H2,1-2H3. The largest absolute Gasteiger partial charge is 0.468 e. The molecule has 1 atom stereocenters. The molecule has 0 bridgehead atoms. The smallest absolute Gasteiger partial charge is 0.303 e. The Kier molecular flexibility index (Phi) is 10.6. The minimum absolute atomic E-state index is 0.103. The number of allylic oxidation sites excluding steroid dienone is 2. The van der Waals surface area contributed by atoms with Crippen molar-refractivity contribution < 1.29 is 23.9 Å². The van der Waals surface area contributed by atoms with E-state index in [2.05, 4.69) is 4.74 Å². The zero-order chi connectivity index (χ0) is 19.3. The molecule has 0 saturated carbocycles. The van der Waals surface area contributed by atoms with Crippen LogP contribution in [0.4, 0.5) is 0 Å². The molecule has 0 spiro atoms. The van der Waals surface area contributed by atoms with E-state index in [1.54, 1.807) is 25.2 Å². The van der Waals surface area contributed by atoms with Crippen LogP contribution in [0.25, 0.3) is 0 Å². The van der Waals surface area contributed by atoms with Gasteiger partial charge < -0.3 is 9.47 Å². The summed E-state index contributed by atoms with van der Waals surface area (Å²) >= 11 is 0. The molecule has 5 nitrogen and oxygen atoms in total. The summed E-state index contributed by atoms with van der Waals surface area (Å²) in [4.78, 5) is 33.9. The monoisotopic (exact) mass is 364 g/mol. The predicted molar refractivity (Wildman–Crippen MR) is 101 cm³/mol. The molecule has 146 valence electrons. The molecule has 0 radical (unpaired) electrons. The average molecular weight is 364 g/mol. The maximum Gasteiger partial charge on any atom is 0.303 e. The number of Topliss-reactive ketones (excluding diaryl/α,β-unsaturated/α-hetero) is 1. The summed E-state index contributed by atoms with van der Waals surface area (Å²) in [5, 5.41) is 0. The number of esters is 1. The van der Waals surface area contributed by atoms with Gasteiger partial charge in [0.2, 0.25) is 5.78 Å². The fourth-order valence-electron chi connectivity index (χ4n) is 3.28. The molecule has 1 rings (SSSR count). The van der Waals surface area contributed by atoms with Crippen LogP contribution < -0.4 is 0 Å². The summed E-state index contributed by atoms with van der Waals surface area (Å²) in [6, 6.07) is 0. The highest BCUT2D eigenvalue weighted by molar-refractivity contribution is 6.05. The first-order valence-corrected chi connectivity index (χ1v) is 9.67. The summed E-state index contributed by atoms with van der Waals surface area (Å²) < 4.78 is 10.1. The summed E-state index contributed by atoms with van der Waals surface area (Å²) in [5.74, 6) is -0.523. The number of carbonyl (C=O) groups is 3. The fourth-order valence-corrected chi connectivity index (χ4v) is 3.28. The zero-order valence-corrected chi connectivity index (χ0v) is 16.1. The molecule has 1 aliphatic rings. The van der Waals surface area contributed by atoms with Gasteiger partial charge in [-0.05, 0) is 37.8 Å². The highest BCUT2D eigenvalue weighted by Crippen LogP contribution is 2.29. The highest BCUT2D eigenvalue weighted by Gasteiger charge is 2.40.